The summed E-state index contributed by atoms with van der Waals surface area (Å²) in [6.45, 7) is 0. The third kappa shape index (κ3) is 2.05. The van der Waals surface area contributed by atoms with Crippen molar-refractivity contribution < 1.29 is 0 Å². The van der Waals surface area contributed by atoms with Crippen LogP contribution >= 0.6 is 43.6 Å². The van der Waals surface area contributed by atoms with E-state index < -0.39 is 0 Å². The van der Waals surface area contributed by atoms with Gasteiger partial charge in [0.05, 0.1) is 0 Å². The zero-order chi connectivity index (χ0) is 11.1. The maximum atomic E-state index is 3.56. The van der Waals surface area contributed by atoms with Crippen LogP contribution in [0.25, 0.3) is 0 Å². The van der Waals surface area contributed by atoms with Crippen LogP contribution < -0.4 is 0 Å². The van der Waals surface area contributed by atoms with E-state index in [4.69, 9.17) is 0 Å². The van der Waals surface area contributed by atoms with Crippen molar-refractivity contribution in [2.75, 3.05) is 0 Å². The SMILES string of the molecule is BrC1=CC2Cc3cc(Br)ccc3SC2C=C1. The van der Waals surface area contributed by atoms with E-state index in [9.17, 15) is 0 Å². The lowest BCUT2D eigenvalue weighted by molar-refractivity contribution is 0.645. The van der Waals surface area contributed by atoms with Crippen molar-refractivity contribution in [1.29, 1.82) is 0 Å². The minimum Gasteiger partial charge on any atom is -0.118 e. The van der Waals surface area contributed by atoms with Gasteiger partial charge in [-0.25, -0.2) is 0 Å². The number of allylic oxidation sites excluding steroid dienone is 3. The summed E-state index contributed by atoms with van der Waals surface area (Å²) >= 11 is 9.08. The van der Waals surface area contributed by atoms with Crippen molar-refractivity contribution >= 4 is 43.6 Å². The zero-order valence-electron chi connectivity index (χ0n) is 8.49. The van der Waals surface area contributed by atoms with E-state index in [0.29, 0.717) is 11.2 Å². The van der Waals surface area contributed by atoms with Crippen LogP contribution in [0.5, 0.6) is 0 Å². The minimum atomic E-state index is 0.606. The summed E-state index contributed by atoms with van der Waals surface area (Å²) in [4.78, 5) is 1.43. The van der Waals surface area contributed by atoms with Gasteiger partial charge in [0.2, 0.25) is 0 Å². The van der Waals surface area contributed by atoms with Crippen molar-refractivity contribution in [3.8, 4) is 0 Å². The highest BCUT2D eigenvalue weighted by Gasteiger charge is 2.27. The van der Waals surface area contributed by atoms with Gasteiger partial charge >= 0.3 is 0 Å². The molecule has 3 heteroatoms. The van der Waals surface area contributed by atoms with E-state index >= 15 is 0 Å². The monoisotopic (exact) mass is 356 g/mol. The highest BCUT2D eigenvalue weighted by Crippen LogP contribution is 2.43. The number of hydrogen-bond acceptors (Lipinski definition) is 1. The topological polar surface area (TPSA) is 0 Å². The Morgan fingerprint density at radius 1 is 1.25 bits per heavy atom. The van der Waals surface area contributed by atoms with E-state index in [-0.39, 0.29) is 0 Å². The van der Waals surface area contributed by atoms with Gasteiger partial charge in [0, 0.05) is 19.1 Å². The molecule has 16 heavy (non-hydrogen) atoms. The Labute approximate surface area is 116 Å². The predicted molar refractivity (Wildman–Crippen MR) is 77.1 cm³/mol. The predicted octanol–water partition coefficient (Wildman–Crippen LogP) is 4.93. The Balaban J connectivity index is 1.98. The summed E-state index contributed by atoms with van der Waals surface area (Å²) < 4.78 is 2.40. The Bertz CT molecular complexity index is 491. The third-order valence-electron chi connectivity index (χ3n) is 2.98. The van der Waals surface area contributed by atoms with Crippen LogP contribution in [-0.4, -0.2) is 5.25 Å². The van der Waals surface area contributed by atoms with Gasteiger partial charge in [-0.1, -0.05) is 50.1 Å². The molecule has 0 N–H and O–H groups in total. The first-order valence-electron chi connectivity index (χ1n) is 5.23. The molecule has 0 saturated heterocycles. The van der Waals surface area contributed by atoms with Crippen molar-refractivity contribution in [2.45, 2.75) is 16.6 Å². The maximum absolute atomic E-state index is 3.56. The van der Waals surface area contributed by atoms with E-state index in [2.05, 4.69) is 68.3 Å². The van der Waals surface area contributed by atoms with Gasteiger partial charge in [0.1, 0.15) is 0 Å². The van der Waals surface area contributed by atoms with Gasteiger partial charge in [-0.15, -0.1) is 11.8 Å². The average molecular weight is 358 g/mol. The van der Waals surface area contributed by atoms with Crippen molar-refractivity contribution in [2.24, 2.45) is 5.92 Å². The molecule has 1 heterocycles. The van der Waals surface area contributed by atoms with Crippen LogP contribution in [0.3, 0.4) is 0 Å². The number of thioether (sulfide) groups is 1. The van der Waals surface area contributed by atoms with Gasteiger partial charge in [-0.3, -0.25) is 0 Å². The molecule has 2 unspecified atom stereocenters. The van der Waals surface area contributed by atoms with Gasteiger partial charge in [-0.2, -0.15) is 0 Å². The molecule has 82 valence electrons. The molecule has 0 radical (unpaired) electrons. The van der Waals surface area contributed by atoms with Crippen molar-refractivity contribution in [1.82, 2.24) is 0 Å². The van der Waals surface area contributed by atoms with Gasteiger partial charge in [-0.05, 0) is 36.1 Å². The molecule has 2 atom stereocenters. The summed E-state index contributed by atoms with van der Waals surface area (Å²) in [6, 6.07) is 6.60. The molecule has 0 fully saturated rings. The highest BCUT2D eigenvalue weighted by molar-refractivity contribution is 9.12. The molecule has 0 amide bonds. The molecule has 0 bridgehead atoms. The molecule has 1 aliphatic carbocycles. The van der Waals surface area contributed by atoms with E-state index in [1.807, 2.05) is 11.8 Å². The first-order chi connectivity index (χ1) is 7.72. The zero-order valence-corrected chi connectivity index (χ0v) is 12.5. The van der Waals surface area contributed by atoms with Gasteiger partial charge < -0.3 is 0 Å². The molecule has 0 saturated carbocycles. The lowest BCUT2D eigenvalue weighted by Gasteiger charge is -2.31. The number of rotatable bonds is 0. The van der Waals surface area contributed by atoms with Crippen LogP contribution in [0.15, 0.2) is 50.3 Å². The van der Waals surface area contributed by atoms with Crippen LogP contribution in [0.2, 0.25) is 0 Å². The number of halogens is 2. The number of benzene rings is 1. The fourth-order valence-corrected chi connectivity index (χ4v) is 4.35. The molecule has 1 aromatic carbocycles. The second-order valence-electron chi connectivity index (χ2n) is 4.11. The van der Waals surface area contributed by atoms with Crippen molar-refractivity contribution in [3.63, 3.8) is 0 Å². The molecule has 0 nitrogen and oxygen atoms in total. The molecule has 1 aliphatic heterocycles. The summed E-state index contributed by atoms with van der Waals surface area (Å²) in [5, 5.41) is 0.606. The summed E-state index contributed by atoms with van der Waals surface area (Å²) in [5.74, 6) is 0.631. The van der Waals surface area contributed by atoms with Crippen molar-refractivity contribution in [3.05, 3.63) is 50.9 Å². The Hall–Kier alpha value is 0.01000. The standard InChI is InChI=1S/C13H10Br2S/c14-10-1-3-12-8(6-10)5-9-7-11(15)2-4-13(9)16-12/h1-4,6-8,12H,5H2. The van der Waals surface area contributed by atoms with Gasteiger partial charge in [0.15, 0.2) is 0 Å². The second kappa shape index (κ2) is 4.35. The fourth-order valence-electron chi connectivity index (χ4n) is 2.21. The maximum Gasteiger partial charge on any atom is 0.0344 e. The molecule has 2 aliphatic rings. The smallest absolute Gasteiger partial charge is 0.0344 e. The lowest BCUT2D eigenvalue weighted by atomic mass is 9.92. The summed E-state index contributed by atoms with van der Waals surface area (Å²) in [6.07, 6.45) is 7.95. The molecule has 1 aromatic rings. The fraction of sp³-hybridized carbons (Fsp3) is 0.231. The first-order valence-corrected chi connectivity index (χ1v) is 7.69. The van der Waals surface area contributed by atoms with Crippen LogP contribution in [-0.2, 0) is 6.42 Å². The number of fused-ring (bicyclic) bond motifs is 2. The molecular weight excluding hydrogens is 348 g/mol. The second-order valence-corrected chi connectivity index (χ2v) is 7.16. The van der Waals surface area contributed by atoms with Crippen LogP contribution in [0.1, 0.15) is 5.56 Å². The largest absolute Gasteiger partial charge is 0.118 e. The van der Waals surface area contributed by atoms with E-state index in [0.717, 1.165) is 6.42 Å². The normalized spacial score (nSPS) is 27.0. The summed E-state index contributed by atoms with van der Waals surface area (Å²) in [5.41, 5.74) is 1.47. The minimum absolute atomic E-state index is 0.606. The van der Waals surface area contributed by atoms with E-state index in [1.165, 1.54) is 19.4 Å². The molecule has 0 aromatic heterocycles. The van der Waals surface area contributed by atoms with Crippen LogP contribution in [0, 0.1) is 5.92 Å². The van der Waals surface area contributed by atoms with Gasteiger partial charge in [0.25, 0.3) is 0 Å². The summed E-state index contributed by atoms with van der Waals surface area (Å²) in [7, 11) is 0. The first kappa shape index (κ1) is 11.1. The molecular formula is C13H10Br2S. The highest BCUT2D eigenvalue weighted by atomic mass is 79.9. The Morgan fingerprint density at radius 3 is 3.00 bits per heavy atom. The number of hydrogen-bond donors (Lipinski definition) is 0. The molecule has 3 rings (SSSR count). The lowest BCUT2D eigenvalue weighted by Crippen LogP contribution is -2.22. The molecule has 0 spiro atoms. The quantitative estimate of drug-likeness (QED) is 0.634. The Morgan fingerprint density at radius 2 is 2.12 bits per heavy atom. The average Bonchev–Trinajstić information content (AvgIpc) is 2.26. The van der Waals surface area contributed by atoms with E-state index in [1.54, 1.807) is 0 Å². The Kier molecular flexibility index (Phi) is 3.03. The van der Waals surface area contributed by atoms with Crippen LogP contribution in [0.4, 0.5) is 0 Å². The third-order valence-corrected chi connectivity index (χ3v) is 5.43.